The first-order chi connectivity index (χ1) is 33.7. The van der Waals surface area contributed by atoms with E-state index >= 15 is 0 Å². The number of fused-ring (bicyclic) bond motifs is 6. The molecule has 17 nitrogen and oxygen atoms in total. The number of piperazine rings is 1. The van der Waals surface area contributed by atoms with Crippen LogP contribution in [0.4, 0.5) is 5.69 Å². The van der Waals surface area contributed by atoms with Crippen LogP contribution < -0.4 is 15.6 Å². The second kappa shape index (κ2) is 20.9. The first-order valence-corrected chi connectivity index (χ1v) is 25.3. The van der Waals surface area contributed by atoms with Crippen LogP contribution in [0.2, 0.25) is 0 Å². The van der Waals surface area contributed by atoms with Gasteiger partial charge in [0.25, 0.3) is 11.8 Å². The smallest absolute Gasteiger partial charge is 0.355 e. The maximum absolute atomic E-state index is 14.8. The van der Waals surface area contributed by atoms with Gasteiger partial charge in [-0.2, -0.15) is 5.43 Å². The number of carbonyl (C=O) groups is 4. The van der Waals surface area contributed by atoms with E-state index in [-0.39, 0.29) is 62.0 Å². The highest BCUT2D eigenvalue weighted by Gasteiger charge is 2.46. The molecular formula is C54H74N8O9. The Bertz CT molecular complexity index is 2640. The van der Waals surface area contributed by atoms with Gasteiger partial charge in [-0.1, -0.05) is 46.8 Å². The Labute approximate surface area is 417 Å². The molecule has 8 rings (SSSR count). The van der Waals surface area contributed by atoms with E-state index in [1.807, 2.05) is 59.9 Å². The molecule has 6 bridgehead atoms. The van der Waals surface area contributed by atoms with Crippen LogP contribution in [0.15, 0.2) is 48.7 Å². The van der Waals surface area contributed by atoms with Crippen molar-refractivity contribution in [3.8, 4) is 28.1 Å². The summed E-state index contributed by atoms with van der Waals surface area (Å²) in [5.41, 5.74) is 7.62. The Morgan fingerprint density at radius 3 is 2.46 bits per heavy atom. The normalized spacial score (nSPS) is 24.1. The van der Waals surface area contributed by atoms with Crippen molar-refractivity contribution in [3.63, 3.8) is 0 Å². The highest BCUT2D eigenvalue weighted by molar-refractivity contribution is 5.96. The number of aromatic hydroxyl groups is 1. The number of carbonyl (C=O) groups excluding carboxylic acids is 4. The van der Waals surface area contributed by atoms with Gasteiger partial charge in [0.2, 0.25) is 11.6 Å². The van der Waals surface area contributed by atoms with Crippen molar-refractivity contribution in [1.29, 1.82) is 0 Å². The van der Waals surface area contributed by atoms with Crippen molar-refractivity contribution in [2.45, 2.75) is 117 Å². The van der Waals surface area contributed by atoms with Crippen LogP contribution in [0, 0.1) is 17.3 Å². The quantitative estimate of drug-likeness (QED) is 0.147. The number of aliphatic hydroxyl groups is 1. The first kappa shape index (κ1) is 51.8. The number of nitrogens with one attached hydrogen (secondary N) is 2. The molecule has 4 aliphatic rings. The number of amides is 3. The predicted molar refractivity (Wildman–Crippen MR) is 271 cm³/mol. The second-order valence-electron chi connectivity index (χ2n) is 21.4. The fourth-order valence-corrected chi connectivity index (χ4v) is 10.9. The summed E-state index contributed by atoms with van der Waals surface area (Å²) >= 11 is 0. The minimum atomic E-state index is -2.26. The molecule has 0 aliphatic carbocycles. The van der Waals surface area contributed by atoms with E-state index < -0.39 is 47.1 Å². The van der Waals surface area contributed by atoms with Crippen LogP contribution in [-0.2, 0) is 52.8 Å². The molecule has 4 N–H and O–H groups in total. The Morgan fingerprint density at radius 2 is 1.79 bits per heavy atom. The lowest BCUT2D eigenvalue weighted by atomic mass is 9.84. The molecule has 6 atom stereocenters. The van der Waals surface area contributed by atoms with Gasteiger partial charge in [-0.3, -0.25) is 24.4 Å². The van der Waals surface area contributed by atoms with Gasteiger partial charge in [0, 0.05) is 94.8 Å². The van der Waals surface area contributed by atoms with Crippen LogP contribution in [0.3, 0.4) is 0 Å². The van der Waals surface area contributed by atoms with Crippen molar-refractivity contribution >= 4 is 40.3 Å². The first-order valence-electron chi connectivity index (χ1n) is 25.3. The summed E-state index contributed by atoms with van der Waals surface area (Å²) in [6, 6.07) is 11.4. The minimum Gasteiger partial charge on any atom is -0.508 e. The Morgan fingerprint density at radius 1 is 1.04 bits per heavy atom. The number of aryl methyl sites for hydroxylation is 1. The summed E-state index contributed by atoms with van der Waals surface area (Å²) < 4.78 is 20.1. The van der Waals surface area contributed by atoms with Gasteiger partial charge in [0.1, 0.15) is 23.9 Å². The van der Waals surface area contributed by atoms with E-state index in [0.29, 0.717) is 30.7 Å². The third-order valence-corrected chi connectivity index (χ3v) is 15.0. The summed E-state index contributed by atoms with van der Waals surface area (Å²) in [6.07, 6.45) is 2.25. The molecule has 71 heavy (non-hydrogen) atoms. The molecule has 0 spiro atoms. The molecule has 3 fully saturated rings. The maximum atomic E-state index is 14.8. The summed E-state index contributed by atoms with van der Waals surface area (Å²) in [4.78, 5) is 68.5. The number of phenols is 1. The number of benzene rings is 2. The third kappa shape index (κ3) is 10.7. The van der Waals surface area contributed by atoms with Gasteiger partial charge in [0.15, 0.2) is 0 Å². The summed E-state index contributed by atoms with van der Waals surface area (Å²) in [5.74, 6) is -2.83. The molecule has 0 saturated carbocycles. The monoisotopic (exact) mass is 979 g/mol. The summed E-state index contributed by atoms with van der Waals surface area (Å²) in [5, 5.41) is 28.5. The molecule has 2 aromatic carbocycles. The van der Waals surface area contributed by atoms with Crippen LogP contribution in [0.5, 0.6) is 5.75 Å². The van der Waals surface area contributed by atoms with Gasteiger partial charge in [-0.05, 0) is 105 Å². The van der Waals surface area contributed by atoms with Crippen molar-refractivity contribution in [1.82, 2.24) is 35.1 Å². The van der Waals surface area contributed by atoms with Crippen molar-refractivity contribution < 1.29 is 43.6 Å². The van der Waals surface area contributed by atoms with Crippen molar-refractivity contribution in [2.75, 3.05) is 72.0 Å². The van der Waals surface area contributed by atoms with E-state index in [1.165, 1.54) is 9.91 Å². The second-order valence-corrected chi connectivity index (χ2v) is 21.4. The summed E-state index contributed by atoms with van der Waals surface area (Å²) in [6.45, 7) is 18.5. The Kier molecular flexibility index (Phi) is 15.2. The number of pyridine rings is 1. The van der Waals surface area contributed by atoms with Crippen LogP contribution in [0.1, 0.15) is 90.7 Å². The van der Waals surface area contributed by atoms with Crippen molar-refractivity contribution in [2.24, 2.45) is 17.3 Å². The number of nitrogens with zero attached hydrogens (tertiary/aromatic N) is 6. The lowest BCUT2D eigenvalue weighted by Crippen LogP contribution is -2.67. The number of aromatic nitrogens is 2. The molecule has 4 aliphatic heterocycles. The predicted octanol–water partition coefficient (Wildman–Crippen LogP) is 5.43. The van der Waals surface area contributed by atoms with Crippen molar-refractivity contribution in [3.05, 3.63) is 65.5 Å². The number of hydrogen-bond donors (Lipinski definition) is 4. The van der Waals surface area contributed by atoms with E-state index in [9.17, 15) is 29.4 Å². The number of hydrogen-bond acceptors (Lipinski definition) is 13. The molecule has 0 unspecified atom stereocenters. The molecule has 384 valence electrons. The lowest BCUT2D eigenvalue weighted by Gasteiger charge is -2.40. The number of esters is 1. The molecule has 3 amide bonds. The van der Waals surface area contributed by atoms with E-state index in [0.717, 1.165) is 77.3 Å². The minimum absolute atomic E-state index is 0.0223. The average Bonchev–Trinajstić information content (AvgIpc) is 3.91. The van der Waals surface area contributed by atoms with Crippen LogP contribution in [-0.4, -0.2) is 149 Å². The number of hydrazine groups is 1. The zero-order valence-corrected chi connectivity index (χ0v) is 43.2. The molecule has 6 heterocycles. The zero-order valence-electron chi connectivity index (χ0n) is 43.2. The number of rotatable bonds is 10. The number of ether oxygens (including phenoxy) is 3. The number of phenolic OH excluding ortho intramolecular Hbond substituents is 1. The van der Waals surface area contributed by atoms with Gasteiger partial charge in [-0.15, -0.1) is 0 Å². The van der Waals surface area contributed by atoms with Gasteiger partial charge in [-0.25, -0.2) is 4.79 Å². The average molecular weight is 979 g/mol. The Balaban J connectivity index is 1.26. The number of anilines is 1. The highest BCUT2D eigenvalue weighted by Crippen LogP contribution is 2.43. The fraction of sp³-hybridized carbons (Fsp3) is 0.574. The lowest BCUT2D eigenvalue weighted by molar-refractivity contribution is -0.189. The number of cyclic esters (lactones) is 1. The molecule has 0 radical (unpaired) electrons. The van der Waals surface area contributed by atoms with E-state index in [2.05, 4.69) is 57.3 Å². The molecule has 17 heteroatoms. The van der Waals surface area contributed by atoms with Crippen LogP contribution >= 0.6 is 0 Å². The zero-order chi connectivity index (χ0) is 51.1. The third-order valence-electron chi connectivity index (χ3n) is 15.0. The Hall–Kier alpha value is -5.59. The topological polar surface area (TPSA) is 191 Å². The molecular weight excluding hydrogens is 905 g/mol. The summed E-state index contributed by atoms with van der Waals surface area (Å²) in [7, 11) is 5.40. The number of methoxy groups -OCH3 is 1. The molecule has 2 aromatic heterocycles. The van der Waals surface area contributed by atoms with E-state index in [4.69, 9.17) is 19.2 Å². The highest BCUT2D eigenvalue weighted by atomic mass is 16.6. The fourth-order valence-electron chi connectivity index (χ4n) is 10.9. The molecule has 3 saturated heterocycles. The standard InChI is InChI=1S/C54H74N8O9/c1-11-61-44-14-13-36-27-40(44)42(47(61)41-28-38(30-55-45(41)34(5)69-10)60-20-18-58(8)19-21-60)29-53(6,7)31-71-52(67)54(68)16-12-17-62(57-54)50(65)43(25-35-23-37(36)26-39(63)24-35)56-49(64)46(32(2)3)59(9)51(66)48-33(4)15-22-70-48/h13-14,23-24,26-28,30,32-34,43,46,48,57,63,68H,11-12,15-22,25,29,31H2,1-10H3,(H,56,64)/t33-,34-,43-,46-,48+,54-/m0/s1. The van der Waals surface area contributed by atoms with Crippen LogP contribution in [0.25, 0.3) is 33.3 Å². The largest absolute Gasteiger partial charge is 0.508 e. The number of likely N-dealkylation sites (N-methyl/N-ethyl adjacent to an activating group) is 2. The van der Waals surface area contributed by atoms with Gasteiger partial charge < -0.3 is 49.0 Å². The van der Waals surface area contributed by atoms with Gasteiger partial charge in [0.05, 0.1) is 36.0 Å². The molecule has 4 aromatic rings. The van der Waals surface area contributed by atoms with Gasteiger partial charge >= 0.3 is 5.97 Å². The van der Waals surface area contributed by atoms with E-state index in [1.54, 1.807) is 26.3 Å². The maximum Gasteiger partial charge on any atom is 0.355 e. The SMILES string of the molecule is CCn1c(-c2cc(N3CCN(C)CC3)cnc2[C@H](C)OC)c2c3cc(ccc31)-c1cc(O)cc(c1)C[C@H](NC(=O)[C@H](C(C)C)N(C)C(=O)[C@@H]1OCC[C@@H]1C)C(=O)N1CCC[C@@](O)(N1)C(=O)OCC(C)(C)C2.